The number of nitrogens with one attached hydrogen (secondary N) is 2. The van der Waals surface area contributed by atoms with Gasteiger partial charge in [0.1, 0.15) is 17.2 Å². The maximum atomic E-state index is 13.5. The molecule has 1 aliphatic rings. The molecule has 0 bridgehead atoms. The van der Waals surface area contributed by atoms with Crippen LogP contribution in [0.4, 0.5) is 5.69 Å². The first-order valence-electron chi connectivity index (χ1n) is 11.7. The summed E-state index contributed by atoms with van der Waals surface area (Å²) < 4.78 is 11.4. The van der Waals surface area contributed by atoms with Crippen LogP contribution in [0.5, 0.6) is 11.5 Å². The highest BCUT2D eigenvalue weighted by molar-refractivity contribution is 6.22. The van der Waals surface area contributed by atoms with Gasteiger partial charge in [-0.1, -0.05) is 36.4 Å². The molecule has 4 aromatic rings. The fraction of sp³-hybridized carbons (Fsp3) is 0.179. The molecular weight excluding hydrogens is 470 g/mol. The molecule has 9 heteroatoms. The number of likely N-dealkylation sites (N-methyl/N-ethyl adjacent to an activating group) is 1. The lowest BCUT2D eigenvalue weighted by molar-refractivity contribution is -0.119. The van der Waals surface area contributed by atoms with Crippen LogP contribution >= 0.6 is 0 Å². The highest BCUT2D eigenvalue weighted by Gasteiger charge is 2.33. The van der Waals surface area contributed by atoms with Gasteiger partial charge in [0.05, 0.1) is 31.2 Å². The monoisotopic (exact) mass is 497 g/mol. The molecule has 0 fully saturated rings. The normalized spacial score (nSPS) is 15.1. The SMILES string of the molecule is COc1cc(CN)cc(OC)c1C1=NC(NC(=O)c2cc3ccccc3[nH]2)C(=O)N(C)c2ccccc21. The Balaban J connectivity index is 1.65. The lowest BCUT2D eigenvalue weighted by Crippen LogP contribution is -2.46. The molecule has 188 valence electrons. The first-order chi connectivity index (χ1) is 17.9. The van der Waals surface area contributed by atoms with E-state index >= 15 is 0 Å². The minimum atomic E-state index is -1.20. The van der Waals surface area contributed by atoms with Crippen LogP contribution in [0.1, 0.15) is 27.2 Å². The second kappa shape index (κ2) is 9.79. The molecule has 1 aliphatic heterocycles. The molecule has 1 aromatic heterocycles. The molecule has 9 nitrogen and oxygen atoms in total. The van der Waals surface area contributed by atoms with E-state index < -0.39 is 12.1 Å². The van der Waals surface area contributed by atoms with Gasteiger partial charge in [-0.2, -0.15) is 0 Å². The van der Waals surface area contributed by atoms with Gasteiger partial charge in [0, 0.05) is 30.1 Å². The number of H-pyrrole nitrogens is 1. The lowest BCUT2D eigenvalue weighted by atomic mass is 9.97. The van der Waals surface area contributed by atoms with Gasteiger partial charge in [-0.05, 0) is 35.9 Å². The average molecular weight is 498 g/mol. The number of carbonyl (C=O) groups excluding carboxylic acids is 2. The number of methoxy groups -OCH3 is 2. The van der Waals surface area contributed by atoms with Crippen molar-refractivity contribution in [1.29, 1.82) is 0 Å². The Labute approximate surface area is 213 Å². The molecule has 0 radical (unpaired) electrons. The number of hydrogen-bond acceptors (Lipinski definition) is 6. The van der Waals surface area contributed by atoms with Crippen LogP contribution in [0.25, 0.3) is 10.9 Å². The number of hydrogen-bond donors (Lipinski definition) is 3. The summed E-state index contributed by atoms with van der Waals surface area (Å²) in [6, 6.07) is 20.4. The number of benzene rings is 3. The summed E-state index contributed by atoms with van der Waals surface area (Å²) in [5.41, 5.74) is 10.2. The van der Waals surface area contributed by atoms with Gasteiger partial charge >= 0.3 is 0 Å². The van der Waals surface area contributed by atoms with Crippen molar-refractivity contribution in [2.45, 2.75) is 12.7 Å². The molecule has 4 N–H and O–H groups in total. The molecule has 0 spiro atoms. The van der Waals surface area contributed by atoms with Crippen molar-refractivity contribution in [2.24, 2.45) is 10.7 Å². The van der Waals surface area contributed by atoms with Crippen molar-refractivity contribution in [1.82, 2.24) is 10.3 Å². The molecular formula is C28H27N5O4. The number of nitrogens with two attached hydrogens (primary N) is 1. The van der Waals surface area contributed by atoms with E-state index in [0.29, 0.717) is 46.3 Å². The number of aliphatic imine (C=N–C) groups is 1. The summed E-state index contributed by atoms with van der Waals surface area (Å²) in [7, 11) is 4.76. The van der Waals surface area contributed by atoms with E-state index in [9.17, 15) is 9.59 Å². The molecule has 2 heterocycles. The van der Waals surface area contributed by atoms with Crippen molar-refractivity contribution in [2.75, 3.05) is 26.2 Å². The van der Waals surface area contributed by atoms with Crippen molar-refractivity contribution in [3.63, 3.8) is 0 Å². The molecule has 0 aliphatic carbocycles. The average Bonchev–Trinajstić information content (AvgIpc) is 3.34. The number of aromatic amines is 1. The van der Waals surface area contributed by atoms with Crippen LogP contribution < -0.4 is 25.4 Å². The second-order valence-electron chi connectivity index (χ2n) is 8.62. The van der Waals surface area contributed by atoms with Crippen LogP contribution in [-0.2, 0) is 11.3 Å². The number of anilines is 1. The van der Waals surface area contributed by atoms with Crippen LogP contribution in [0, 0.1) is 0 Å². The molecule has 1 atom stereocenters. The summed E-state index contributed by atoms with van der Waals surface area (Å²) in [6.45, 7) is 0.292. The van der Waals surface area contributed by atoms with E-state index in [-0.39, 0.29) is 5.91 Å². The quantitative estimate of drug-likeness (QED) is 0.378. The first kappa shape index (κ1) is 24.1. The van der Waals surface area contributed by atoms with Gasteiger partial charge in [-0.3, -0.25) is 9.59 Å². The summed E-state index contributed by atoms with van der Waals surface area (Å²) >= 11 is 0. The molecule has 5 rings (SSSR count). The molecule has 0 saturated heterocycles. The van der Waals surface area contributed by atoms with Gasteiger partial charge in [0.25, 0.3) is 11.8 Å². The van der Waals surface area contributed by atoms with E-state index in [1.54, 1.807) is 27.3 Å². The number of carbonyl (C=O) groups is 2. The number of fused-ring (bicyclic) bond motifs is 2. The molecule has 2 amide bonds. The fourth-order valence-electron chi connectivity index (χ4n) is 4.53. The number of rotatable bonds is 6. The molecule has 3 aromatic carbocycles. The third-order valence-electron chi connectivity index (χ3n) is 6.42. The Hall–Kier alpha value is -4.63. The van der Waals surface area contributed by atoms with Crippen molar-refractivity contribution in [3.8, 4) is 11.5 Å². The summed E-state index contributed by atoms with van der Waals surface area (Å²) in [5.74, 6) is 0.148. The highest BCUT2D eigenvalue weighted by Crippen LogP contribution is 2.37. The Morgan fingerprint density at radius 3 is 2.41 bits per heavy atom. The smallest absolute Gasteiger partial charge is 0.272 e. The maximum absolute atomic E-state index is 13.5. The zero-order valence-electron chi connectivity index (χ0n) is 20.7. The molecule has 0 saturated carbocycles. The summed E-state index contributed by atoms with van der Waals surface area (Å²) in [6.07, 6.45) is -1.20. The minimum absolute atomic E-state index is 0.292. The van der Waals surface area contributed by atoms with E-state index in [1.807, 2.05) is 60.7 Å². The van der Waals surface area contributed by atoms with Crippen molar-refractivity contribution < 1.29 is 19.1 Å². The predicted molar refractivity (Wildman–Crippen MR) is 142 cm³/mol. The van der Waals surface area contributed by atoms with E-state index in [2.05, 4.69) is 10.3 Å². The molecule has 1 unspecified atom stereocenters. The number of benzodiazepines with no additional fused rings is 1. The second-order valence-corrected chi connectivity index (χ2v) is 8.62. The van der Waals surface area contributed by atoms with Crippen molar-refractivity contribution in [3.05, 3.63) is 89.1 Å². The Morgan fingerprint density at radius 2 is 1.73 bits per heavy atom. The standard InChI is InChI=1S/C28H27N5O4/c1-33-21-11-7-5-9-18(21)25(24-22(36-2)12-16(15-29)13-23(24)37-3)31-26(28(33)35)32-27(34)20-14-17-8-4-6-10-19(17)30-20/h4-14,26,30H,15,29H2,1-3H3,(H,32,34). The Bertz CT molecular complexity index is 1480. The lowest BCUT2D eigenvalue weighted by Gasteiger charge is -2.20. The van der Waals surface area contributed by atoms with Gasteiger partial charge in [0.15, 0.2) is 0 Å². The number of amides is 2. The number of ether oxygens (including phenoxy) is 2. The number of para-hydroxylation sites is 2. The van der Waals surface area contributed by atoms with Crippen LogP contribution in [0.2, 0.25) is 0 Å². The largest absolute Gasteiger partial charge is 0.496 e. The van der Waals surface area contributed by atoms with Crippen LogP contribution in [-0.4, -0.2) is 49.9 Å². The zero-order chi connectivity index (χ0) is 26.1. The summed E-state index contributed by atoms with van der Waals surface area (Å²) in [5, 5.41) is 3.69. The third kappa shape index (κ3) is 4.30. The van der Waals surface area contributed by atoms with Crippen LogP contribution in [0.15, 0.2) is 71.7 Å². The number of aromatic nitrogens is 1. The zero-order valence-corrected chi connectivity index (χ0v) is 20.7. The number of nitrogens with zero attached hydrogens (tertiary/aromatic N) is 2. The Kier molecular flexibility index (Phi) is 6.37. The Morgan fingerprint density at radius 1 is 1.05 bits per heavy atom. The highest BCUT2D eigenvalue weighted by atomic mass is 16.5. The fourth-order valence-corrected chi connectivity index (χ4v) is 4.53. The van der Waals surface area contributed by atoms with Gasteiger partial charge in [-0.25, -0.2) is 4.99 Å². The van der Waals surface area contributed by atoms with E-state index in [4.69, 9.17) is 20.2 Å². The van der Waals surface area contributed by atoms with Gasteiger partial charge < -0.3 is 30.4 Å². The first-order valence-corrected chi connectivity index (χ1v) is 11.7. The summed E-state index contributed by atoms with van der Waals surface area (Å²) in [4.78, 5) is 36.2. The topological polar surface area (TPSA) is 122 Å². The molecule has 37 heavy (non-hydrogen) atoms. The van der Waals surface area contributed by atoms with Gasteiger partial charge in [0.2, 0.25) is 6.17 Å². The van der Waals surface area contributed by atoms with E-state index in [1.165, 1.54) is 4.90 Å². The van der Waals surface area contributed by atoms with Crippen molar-refractivity contribution >= 4 is 34.1 Å². The predicted octanol–water partition coefficient (Wildman–Crippen LogP) is 3.21. The maximum Gasteiger partial charge on any atom is 0.272 e. The van der Waals surface area contributed by atoms with Gasteiger partial charge in [-0.15, -0.1) is 0 Å². The van der Waals surface area contributed by atoms with E-state index in [0.717, 1.165) is 16.5 Å². The van der Waals surface area contributed by atoms with Crippen LogP contribution in [0.3, 0.4) is 0 Å². The minimum Gasteiger partial charge on any atom is -0.496 e. The third-order valence-corrected chi connectivity index (χ3v) is 6.42.